The minimum absolute atomic E-state index is 0.646. The summed E-state index contributed by atoms with van der Waals surface area (Å²) in [5.41, 5.74) is 3.20. The summed E-state index contributed by atoms with van der Waals surface area (Å²) < 4.78 is 0. The van der Waals surface area contributed by atoms with Crippen molar-refractivity contribution in [3.05, 3.63) is 35.4 Å². The van der Waals surface area contributed by atoms with Crippen LogP contribution >= 0.6 is 0 Å². The summed E-state index contributed by atoms with van der Waals surface area (Å²) in [7, 11) is 0. The van der Waals surface area contributed by atoms with E-state index in [-0.39, 0.29) is 0 Å². The highest BCUT2D eigenvalue weighted by atomic mass is 15.2. The third-order valence-electron chi connectivity index (χ3n) is 5.14. The molecule has 0 spiro atoms. The topological polar surface area (TPSA) is 15.3 Å². The molecule has 20 heavy (non-hydrogen) atoms. The number of rotatable bonds is 4. The highest BCUT2D eigenvalue weighted by Crippen LogP contribution is 2.41. The van der Waals surface area contributed by atoms with Gasteiger partial charge >= 0.3 is 0 Å². The van der Waals surface area contributed by atoms with Gasteiger partial charge in [0.2, 0.25) is 0 Å². The van der Waals surface area contributed by atoms with Crippen LogP contribution in [0.2, 0.25) is 0 Å². The average Bonchev–Trinajstić information content (AvgIpc) is 3.00. The number of hydrogen-bond acceptors (Lipinski definition) is 2. The molecule has 3 rings (SSSR count). The molecule has 1 heterocycles. The predicted octanol–water partition coefficient (Wildman–Crippen LogP) is 3.70. The molecule has 1 aliphatic carbocycles. The summed E-state index contributed by atoms with van der Waals surface area (Å²) in [6.07, 6.45) is 5.23. The second-order valence-corrected chi connectivity index (χ2v) is 6.51. The fourth-order valence-electron chi connectivity index (χ4n) is 4.10. The van der Waals surface area contributed by atoms with E-state index in [1.807, 2.05) is 0 Å². The lowest BCUT2D eigenvalue weighted by Gasteiger charge is -2.41. The Kier molecular flexibility index (Phi) is 4.42. The Morgan fingerprint density at radius 2 is 1.95 bits per heavy atom. The Bertz CT molecular complexity index is 437. The van der Waals surface area contributed by atoms with E-state index in [9.17, 15) is 0 Å². The van der Waals surface area contributed by atoms with Crippen LogP contribution in [-0.2, 0) is 0 Å². The molecular formula is C18H28N2. The van der Waals surface area contributed by atoms with E-state index < -0.39 is 0 Å². The molecule has 110 valence electrons. The summed E-state index contributed by atoms with van der Waals surface area (Å²) in [6.45, 7) is 8.30. The molecule has 2 heteroatoms. The summed E-state index contributed by atoms with van der Waals surface area (Å²) in [5.74, 6) is 0.729. The molecule has 2 aliphatic rings. The van der Waals surface area contributed by atoms with Crippen molar-refractivity contribution in [3.8, 4) is 0 Å². The highest BCUT2D eigenvalue weighted by molar-refractivity contribution is 5.35. The van der Waals surface area contributed by atoms with Crippen molar-refractivity contribution in [1.82, 2.24) is 10.2 Å². The molecule has 3 atom stereocenters. The second kappa shape index (κ2) is 6.28. The van der Waals surface area contributed by atoms with Gasteiger partial charge in [0.1, 0.15) is 0 Å². The van der Waals surface area contributed by atoms with Gasteiger partial charge in [0.25, 0.3) is 0 Å². The van der Waals surface area contributed by atoms with Gasteiger partial charge in [-0.2, -0.15) is 0 Å². The van der Waals surface area contributed by atoms with E-state index >= 15 is 0 Å². The Hall–Kier alpha value is -0.860. The van der Waals surface area contributed by atoms with Gasteiger partial charge < -0.3 is 5.32 Å². The van der Waals surface area contributed by atoms with Crippen LogP contribution in [0.15, 0.2) is 24.3 Å². The summed E-state index contributed by atoms with van der Waals surface area (Å²) in [6, 6.07) is 10.5. The van der Waals surface area contributed by atoms with Gasteiger partial charge in [-0.3, -0.25) is 4.90 Å². The van der Waals surface area contributed by atoms with Crippen LogP contribution in [0, 0.1) is 0 Å². The molecule has 1 aromatic rings. The Morgan fingerprint density at radius 1 is 1.15 bits per heavy atom. The molecule has 1 N–H and O–H groups in total. The predicted molar refractivity (Wildman–Crippen MR) is 85.1 cm³/mol. The average molecular weight is 272 g/mol. The Labute approximate surface area is 123 Å². The maximum Gasteiger partial charge on any atom is 0.0354 e. The largest absolute Gasteiger partial charge is 0.315 e. The number of benzene rings is 1. The van der Waals surface area contributed by atoms with Crippen molar-refractivity contribution in [3.63, 3.8) is 0 Å². The van der Waals surface area contributed by atoms with E-state index in [1.54, 1.807) is 11.1 Å². The van der Waals surface area contributed by atoms with Crippen molar-refractivity contribution in [2.75, 3.05) is 19.6 Å². The quantitative estimate of drug-likeness (QED) is 0.899. The smallest absolute Gasteiger partial charge is 0.0354 e. The highest BCUT2D eigenvalue weighted by Gasteiger charge is 2.33. The molecule has 2 nitrogen and oxygen atoms in total. The summed E-state index contributed by atoms with van der Waals surface area (Å²) >= 11 is 0. The molecule has 1 fully saturated rings. The van der Waals surface area contributed by atoms with Gasteiger partial charge in [0.05, 0.1) is 0 Å². The minimum Gasteiger partial charge on any atom is -0.315 e. The molecule has 1 aliphatic heterocycles. The van der Waals surface area contributed by atoms with Crippen molar-refractivity contribution in [2.45, 2.75) is 57.5 Å². The van der Waals surface area contributed by atoms with Crippen LogP contribution in [0.4, 0.5) is 0 Å². The normalized spacial score (nSPS) is 29.6. The van der Waals surface area contributed by atoms with Gasteiger partial charge in [0, 0.05) is 18.6 Å². The van der Waals surface area contributed by atoms with Gasteiger partial charge in [-0.25, -0.2) is 0 Å². The first kappa shape index (κ1) is 14.1. The van der Waals surface area contributed by atoms with Crippen LogP contribution in [0.5, 0.6) is 0 Å². The number of fused-ring (bicyclic) bond motifs is 1. The lowest BCUT2D eigenvalue weighted by Crippen LogP contribution is -2.41. The zero-order valence-electron chi connectivity index (χ0n) is 12.9. The van der Waals surface area contributed by atoms with Crippen LogP contribution in [0.1, 0.15) is 62.6 Å². The lowest BCUT2D eigenvalue weighted by molar-refractivity contribution is 0.125. The first-order valence-electron chi connectivity index (χ1n) is 8.36. The van der Waals surface area contributed by atoms with Gasteiger partial charge in [-0.15, -0.1) is 0 Å². The standard InChI is InChI=1S/C18H28N2/c1-3-12-20(15-10-11-19-13-15)18-9-8-14(2)16-6-4-5-7-17(16)18/h4-7,14-15,18-19H,3,8-13H2,1-2H3. The summed E-state index contributed by atoms with van der Waals surface area (Å²) in [4.78, 5) is 2.80. The van der Waals surface area contributed by atoms with Crippen LogP contribution in [0.25, 0.3) is 0 Å². The second-order valence-electron chi connectivity index (χ2n) is 6.51. The van der Waals surface area contributed by atoms with E-state index in [0.717, 1.165) is 12.0 Å². The fourth-order valence-corrected chi connectivity index (χ4v) is 4.10. The van der Waals surface area contributed by atoms with Crippen LogP contribution in [-0.4, -0.2) is 30.6 Å². The van der Waals surface area contributed by atoms with E-state index in [1.165, 1.54) is 45.3 Å². The number of hydrogen-bond donors (Lipinski definition) is 1. The van der Waals surface area contributed by atoms with E-state index in [2.05, 4.69) is 48.3 Å². The maximum absolute atomic E-state index is 3.54. The van der Waals surface area contributed by atoms with Gasteiger partial charge in [-0.05, 0) is 55.8 Å². The molecule has 0 amide bonds. The van der Waals surface area contributed by atoms with Crippen molar-refractivity contribution in [2.24, 2.45) is 0 Å². The van der Waals surface area contributed by atoms with Crippen molar-refractivity contribution >= 4 is 0 Å². The molecule has 0 saturated carbocycles. The molecule has 1 saturated heterocycles. The van der Waals surface area contributed by atoms with Crippen molar-refractivity contribution < 1.29 is 0 Å². The Morgan fingerprint density at radius 3 is 2.65 bits per heavy atom. The summed E-state index contributed by atoms with van der Waals surface area (Å²) in [5, 5.41) is 3.54. The molecule has 0 aromatic heterocycles. The van der Waals surface area contributed by atoms with Gasteiger partial charge in [0.15, 0.2) is 0 Å². The SMILES string of the molecule is CCCN(C1CCNC1)C1CCC(C)c2ccccc21. The Balaban J connectivity index is 1.89. The maximum atomic E-state index is 3.54. The van der Waals surface area contributed by atoms with Crippen LogP contribution in [0.3, 0.4) is 0 Å². The first-order valence-corrected chi connectivity index (χ1v) is 8.36. The number of nitrogens with zero attached hydrogens (tertiary/aromatic N) is 1. The van der Waals surface area contributed by atoms with Crippen LogP contribution < -0.4 is 5.32 Å². The first-order chi connectivity index (χ1) is 9.81. The zero-order chi connectivity index (χ0) is 13.9. The molecule has 0 radical (unpaired) electrons. The number of nitrogens with one attached hydrogen (secondary N) is 1. The molecule has 0 bridgehead atoms. The van der Waals surface area contributed by atoms with E-state index in [4.69, 9.17) is 0 Å². The minimum atomic E-state index is 0.646. The molecule has 1 aromatic carbocycles. The third-order valence-corrected chi connectivity index (χ3v) is 5.14. The third kappa shape index (κ3) is 2.64. The zero-order valence-corrected chi connectivity index (χ0v) is 12.9. The fraction of sp³-hybridized carbons (Fsp3) is 0.667. The van der Waals surface area contributed by atoms with Gasteiger partial charge in [-0.1, -0.05) is 38.1 Å². The lowest BCUT2D eigenvalue weighted by atomic mass is 9.80. The molecule has 3 unspecified atom stereocenters. The van der Waals surface area contributed by atoms with E-state index in [0.29, 0.717) is 6.04 Å². The van der Waals surface area contributed by atoms with Crippen molar-refractivity contribution in [1.29, 1.82) is 0 Å². The monoisotopic (exact) mass is 272 g/mol. The molecular weight excluding hydrogens is 244 g/mol.